The smallest absolute Gasteiger partial charge is 0.410 e. The molecule has 148 valence electrons. The topological polar surface area (TPSA) is 67.9 Å². The molecule has 1 aromatic carbocycles. The van der Waals surface area contributed by atoms with E-state index < -0.39 is 5.60 Å². The fourth-order valence-electron chi connectivity index (χ4n) is 4.11. The van der Waals surface area contributed by atoms with Gasteiger partial charge in [-0.1, -0.05) is 43.5 Å². The van der Waals surface area contributed by atoms with Crippen LogP contribution in [0.25, 0.3) is 0 Å². The van der Waals surface area contributed by atoms with Gasteiger partial charge in [0.2, 0.25) is 0 Å². The van der Waals surface area contributed by atoms with Crippen molar-refractivity contribution in [1.82, 2.24) is 4.90 Å². The lowest BCUT2D eigenvalue weighted by molar-refractivity contribution is 0.0150. The zero-order valence-corrected chi connectivity index (χ0v) is 16.9. The first-order valence-corrected chi connectivity index (χ1v) is 10.2. The Morgan fingerprint density at radius 2 is 1.93 bits per heavy atom. The number of ether oxygens (including phenoxy) is 1. The highest BCUT2D eigenvalue weighted by Gasteiger charge is 2.33. The van der Waals surface area contributed by atoms with Crippen molar-refractivity contribution in [1.29, 1.82) is 0 Å². The zero-order valence-electron chi connectivity index (χ0n) is 16.9. The van der Waals surface area contributed by atoms with Crippen LogP contribution >= 0.6 is 0 Å². The van der Waals surface area contributed by atoms with Crippen LogP contribution in [0.5, 0.6) is 0 Å². The molecule has 1 aromatic rings. The monoisotopic (exact) mass is 371 g/mol. The summed E-state index contributed by atoms with van der Waals surface area (Å²) in [4.78, 5) is 19.4. The second-order valence-corrected chi connectivity index (χ2v) is 8.74. The van der Waals surface area contributed by atoms with E-state index >= 15 is 0 Å². The summed E-state index contributed by atoms with van der Waals surface area (Å²) in [6.45, 7) is 6.85. The molecule has 5 heteroatoms. The third kappa shape index (κ3) is 5.02. The summed E-state index contributed by atoms with van der Waals surface area (Å²) in [6.07, 6.45) is 6.60. The average molecular weight is 372 g/mol. The van der Waals surface area contributed by atoms with Crippen LogP contribution in [-0.4, -0.2) is 35.5 Å². The molecule has 27 heavy (non-hydrogen) atoms. The Hall–Kier alpha value is -2.04. The Balaban J connectivity index is 1.80. The number of aliphatic imine (C=N–C) groups is 1. The van der Waals surface area contributed by atoms with Gasteiger partial charge in [0.15, 0.2) is 0 Å². The molecule has 1 fully saturated rings. The number of hydrogen-bond acceptors (Lipinski definition) is 3. The zero-order chi connectivity index (χ0) is 19.4. The van der Waals surface area contributed by atoms with Crippen molar-refractivity contribution in [2.45, 2.75) is 70.9 Å². The van der Waals surface area contributed by atoms with Crippen LogP contribution in [0.3, 0.4) is 0 Å². The Morgan fingerprint density at radius 3 is 2.63 bits per heavy atom. The van der Waals surface area contributed by atoms with Crippen molar-refractivity contribution in [2.24, 2.45) is 16.6 Å². The molecule has 1 heterocycles. The summed E-state index contributed by atoms with van der Waals surface area (Å²) in [5, 5.41) is 0. The van der Waals surface area contributed by atoms with Gasteiger partial charge in [-0.3, -0.25) is 9.89 Å². The third-order valence-electron chi connectivity index (χ3n) is 5.51. The van der Waals surface area contributed by atoms with Crippen LogP contribution in [0.1, 0.15) is 70.0 Å². The van der Waals surface area contributed by atoms with Gasteiger partial charge in [-0.25, -0.2) is 4.79 Å². The first-order chi connectivity index (χ1) is 12.8. The van der Waals surface area contributed by atoms with Crippen molar-refractivity contribution >= 4 is 11.9 Å². The molecule has 0 spiro atoms. The predicted molar refractivity (Wildman–Crippen MR) is 109 cm³/mol. The van der Waals surface area contributed by atoms with E-state index in [1.54, 1.807) is 0 Å². The van der Waals surface area contributed by atoms with E-state index in [0.29, 0.717) is 19.0 Å². The summed E-state index contributed by atoms with van der Waals surface area (Å²) in [7, 11) is 0. The minimum absolute atomic E-state index is 0.119. The first-order valence-electron chi connectivity index (χ1n) is 10.2. The largest absolute Gasteiger partial charge is 0.444 e. The molecule has 2 N–H and O–H groups in total. The van der Waals surface area contributed by atoms with Crippen molar-refractivity contribution < 1.29 is 9.53 Å². The van der Waals surface area contributed by atoms with Crippen LogP contribution < -0.4 is 5.73 Å². The van der Waals surface area contributed by atoms with Crippen LogP contribution in [0.15, 0.2) is 29.3 Å². The fourth-order valence-corrected chi connectivity index (χ4v) is 4.11. The minimum atomic E-state index is -0.511. The Bertz CT molecular complexity index is 687. The number of amidine groups is 1. The number of nitrogens with two attached hydrogens (primary N) is 1. The highest BCUT2D eigenvalue weighted by Crippen LogP contribution is 2.32. The molecular weight excluding hydrogens is 338 g/mol. The normalized spacial score (nSPS) is 21.7. The van der Waals surface area contributed by atoms with E-state index in [0.717, 1.165) is 30.7 Å². The number of benzene rings is 1. The van der Waals surface area contributed by atoms with E-state index in [-0.39, 0.29) is 12.1 Å². The second kappa shape index (κ2) is 8.32. The van der Waals surface area contributed by atoms with Gasteiger partial charge in [0.1, 0.15) is 5.60 Å². The Kier molecular flexibility index (Phi) is 6.08. The number of carbonyl (C=O) groups excluding carboxylic acids is 1. The molecule has 1 atom stereocenters. The minimum Gasteiger partial charge on any atom is -0.444 e. The van der Waals surface area contributed by atoms with Gasteiger partial charge in [0, 0.05) is 12.5 Å². The maximum Gasteiger partial charge on any atom is 0.410 e. The third-order valence-corrected chi connectivity index (χ3v) is 5.51. The lowest BCUT2D eigenvalue weighted by Gasteiger charge is -2.37. The Labute approximate surface area is 163 Å². The fraction of sp³-hybridized carbons (Fsp3) is 0.636. The molecular formula is C22H33N3O2. The standard InChI is InChI=1S/C22H33N3O2/c1-22(2,3)27-21(26)25-14-13-16-9-7-8-12-18(16)19(25)15-24-20(23)17-10-5-4-6-11-17/h7-9,12,17,19H,4-6,10-11,13-15H2,1-3H3,(H2,23,24). The molecule has 0 radical (unpaired) electrons. The number of hydrogen-bond donors (Lipinski definition) is 1. The van der Waals surface area contributed by atoms with Crippen LogP contribution in [-0.2, 0) is 11.2 Å². The van der Waals surface area contributed by atoms with E-state index in [9.17, 15) is 4.79 Å². The summed E-state index contributed by atoms with van der Waals surface area (Å²) < 4.78 is 5.65. The number of nitrogens with zero attached hydrogens (tertiary/aromatic N) is 2. The number of carbonyl (C=O) groups is 1. The van der Waals surface area contributed by atoms with Crippen molar-refractivity contribution in [2.75, 3.05) is 13.1 Å². The molecule has 3 rings (SSSR count). The molecule has 5 nitrogen and oxygen atoms in total. The lowest BCUT2D eigenvalue weighted by atomic mass is 9.88. The average Bonchev–Trinajstić information content (AvgIpc) is 2.65. The number of fused-ring (bicyclic) bond motifs is 1. The summed E-state index contributed by atoms with van der Waals surface area (Å²) in [5.41, 5.74) is 8.26. The van der Waals surface area contributed by atoms with Gasteiger partial charge < -0.3 is 10.5 Å². The van der Waals surface area contributed by atoms with E-state index in [4.69, 9.17) is 15.5 Å². The van der Waals surface area contributed by atoms with Crippen LogP contribution in [0.4, 0.5) is 4.79 Å². The van der Waals surface area contributed by atoms with Gasteiger partial charge in [-0.15, -0.1) is 0 Å². The highest BCUT2D eigenvalue weighted by atomic mass is 16.6. The lowest BCUT2D eigenvalue weighted by Crippen LogP contribution is -2.44. The van der Waals surface area contributed by atoms with E-state index in [1.807, 2.05) is 31.7 Å². The maximum atomic E-state index is 12.8. The number of amides is 1. The molecule has 1 aliphatic heterocycles. The molecule has 1 unspecified atom stereocenters. The SMILES string of the molecule is CC(C)(C)OC(=O)N1CCc2ccccc2C1CN=C(N)C1CCCCC1. The first kappa shape index (κ1) is 19.7. The van der Waals surface area contributed by atoms with Crippen LogP contribution in [0.2, 0.25) is 0 Å². The molecule has 2 aliphatic rings. The van der Waals surface area contributed by atoms with Gasteiger partial charge in [-0.2, -0.15) is 0 Å². The van der Waals surface area contributed by atoms with Crippen molar-refractivity contribution in [3.8, 4) is 0 Å². The van der Waals surface area contributed by atoms with E-state index in [1.165, 1.54) is 24.8 Å². The quantitative estimate of drug-likeness (QED) is 0.630. The maximum absolute atomic E-state index is 12.8. The summed E-state index contributed by atoms with van der Waals surface area (Å²) in [5.74, 6) is 1.15. The summed E-state index contributed by atoms with van der Waals surface area (Å²) in [6, 6.07) is 8.20. The van der Waals surface area contributed by atoms with Gasteiger partial charge in [0.05, 0.1) is 18.4 Å². The molecule has 0 aromatic heterocycles. The molecule has 1 amide bonds. The van der Waals surface area contributed by atoms with Crippen molar-refractivity contribution in [3.05, 3.63) is 35.4 Å². The second-order valence-electron chi connectivity index (χ2n) is 8.74. The molecule has 0 saturated heterocycles. The van der Waals surface area contributed by atoms with Gasteiger partial charge >= 0.3 is 6.09 Å². The number of rotatable bonds is 3. The molecule has 1 aliphatic carbocycles. The van der Waals surface area contributed by atoms with Crippen molar-refractivity contribution in [3.63, 3.8) is 0 Å². The van der Waals surface area contributed by atoms with E-state index in [2.05, 4.69) is 18.2 Å². The Morgan fingerprint density at radius 1 is 1.22 bits per heavy atom. The molecule has 1 saturated carbocycles. The van der Waals surface area contributed by atoms with Gasteiger partial charge in [0.25, 0.3) is 0 Å². The predicted octanol–water partition coefficient (Wildman–Crippen LogP) is 4.46. The highest BCUT2D eigenvalue weighted by molar-refractivity contribution is 5.83. The van der Waals surface area contributed by atoms with Crippen LogP contribution in [0, 0.1) is 5.92 Å². The van der Waals surface area contributed by atoms with Gasteiger partial charge in [-0.05, 0) is 51.2 Å². The molecule has 0 bridgehead atoms. The summed E-state index contributed by atoms with van der Waals surface area (Å²) >= 11 is 0.